The molecule has 0 aliphatic carbocycles. The Morgan fingerprint density at radius 3 is 2.55 bits per heavy atom. The Bertz CT molecular complexity index is 86.2. The lowest BCUT2D eigenvalue weighted by atomic mass is 10.3. The molecule has 1 atom stereocenters. The van der Waals surface area contributed by atoms with Gasteiger partial charge in [-0.2, -0.15) is 0 Å². The third-order valence-corrected chi connectivity index (χ3v) is 1.23. The first-order chi connectivity index (χ1) is 5.16. The van der Waals surface area contributed by atoms with Crippen molar-refractivity contribution in [2.75, 3.05) is 33.9 Å². The first-order valence-electron chi connectivity index (χ1n) is 4.07. The van der Waals surface area contributed by atoms with E-state index in [4.69, 9.17) is 4.74 Å². The van der Waals surface area contributed by atoms with Crippen molar-refractivity contribution in [3.63, 3.8) is 0 Å². The molecule has 0 amide bonds. The summed E-state index contributed by atoms with van der Waals surface area (Å²) in [7, 11) is 3.87. The van der Waals surface area contributed by atoms with Crippen molar-refractivity contribution in [1.29, 1.82) is 0 Å². The van der Waals surface area contributed by atoms with Crippen molar-refractivity contribution in [3.8, 4) is 0 Å². The summed E-state index contributed by atoms with van der Waals surface area (Å²) in [5, 5.41) is 9.28. The first kappa shape index (κ1) is 10.9. The minimum Gasteiger partial charge on any atom is -0.389 e. The number of hydrogen-bond acceptors (Lipinski definition) is 3. The average molecular weight is 161 g/mol. The largest absolute Gasteiger partial charge is 0.389 e. The Kier molecular flexibility index (Phi) is 6.51. The molecule has 0 unspecified atom stereocenters. The quantitative estimate of drug-likeness (QED) is 0.570. The smallest absolute Gasteiger partial charge is 0.0899 e. The molecule has 0 aromatic carbocycles. The molecule has 0 aliphatic rings. The second-order valence-corrected chi connectivity index (χ2v) is 2.99. The van der Waals surface area contributed by atoms with Crippen molar-refractivity contribution in [3.05, 3.63) is 0 Å². The Labute approximate surface area is 69.0 Å². The Hall–Kier alpha value is -0.120. The third kappa shape index (κ3) is 7.78. The molecule has 0 spiro atoms. The normalized spacial score (nSPS) is 13.9. The number of likely N-dealkylation sites (N-methyl/N-ethyl adjacent to an activating group) is 1. The highest BCUT2D eigenvalue weighted by Crippen LogP contribution is 1.89. The number of nitrogens with zero attached hydrogens (tertiary/aromatic N) is 1. The zero-order valence-electron chi connectivity index (χ0n) is 7.71. The fourth-order valence-electron chi connectivity index (χ4n) is 0.838. The third-order valence-electron chi connectivity index (χ3n) is 1.23. The number of aliphatic hydroxyl groups is 1. The van der Waals surface area contributed by atoms with Crippen LogP contribution in [0.3, 0.4) is 0 Å². The highest BCUT2D eigenvalue weighted by atomic mass is 16.5. The maximum atomic E-state index is 9.28. The van der Waals surface area contributed by atoms with E-state index in [9.17, 15) is 5.11 Å². The molecule has 68 valence electrons. The van der Waals surface area contributed by atoms with E-state index in [1.165, 1.54) is 0 Å². The summed E-state index contributed by atoms with van der Waals surface area (Å²) >= 11 is 0. The van der Waals surface area contributed by atoms with Crippen LogP contribution in [0.1, 0.15) is 13.3 Å². The van der Waals surface area contributed by atoms with Gasteiger partial charge >= 0.3 is 0 Å². The lowest BCUT2D eigenvalue weighted by Gasteiger charge is -2.15. The monoisotopic (exact) mass is 161 g/mol. The number of hydrogen-bond donors (Lipinski definition) is 1. The lowest BCUT2D eigenvalue weighted by Crippen LogP contribution is -2.29. The van der Waals surface area contributed by atoms with Gasteiger partial charge in [0, 0.05) is 13.2 Å². The van der Waals surface area contributed by atoms with Gasteiger partial charge in [-0.3, -0.25) is 0 Å². The molecular weight excluding hydrogens is 142 g/mol. The standard InChI is InChI=1S/C8H19NO2/c1-4-5-11-7-8(10)6-9(2)3/h8,10H,4-7H2,1-3H3/t8-/m0/s1. The van der Waals surface area contributed by atoms with Gasteiger partial charge in [-0.15, -0.1) is 0 Å². The average Bonchev–Trinajstić information content (AvgIpc) is 1.86. The van der Waals surface area contributed by atoms with Crippen LogP contribution in [-0.4, -0.2) is 50.0 Å². The van der Waals surface area contributed by atoms with Crippen LogP contribution in [0.2, 0.25) is 0 Å². The zero-order chi connectivity index (χ0) is 8.69. The highest BCUT2D eigenvalue weighted by Gasteiger charge is 2.03. The van der Waals surface area contributed by atoms with Crippen LogP contribution in [0, 0.1) is 0 Å². The second kappa shape index (κ2) is 6.58. The van der Waals surface area contributed by atoms with Crippen LogP contribution in [0.25, 0.3) is 0 Å². The van der Waals surface area contributed by atoms with E-state index in [2.05, 4.69) is 6.92 Å². The van der Waals surface area contributed by atoms with E-state index in [0.29, 0.717) is 13.2 Å². The summed E-state index contributed by atoms with van der Waals surface area (Å²) < 4.78 is 5.17. The molecular formula is C8H19NO2. The number of rotatable bonds is 6. The lowest BCUT2D eigenvalue weighted by molar-refractivity contribution is 0.0245. The van der Waals surface area contributed by atoms with Crippen LogP contribution in [-0.2, 0) is 4.74 Å². The van der Waals surface area contributed by atoms with Crippen molar-refractivity contribution in [1.82, 2.24) is 4.90 Å². The number of aliphatic hydroxyl groups excluding tert-OH is 1. The molecule has 3 heteroatoms. The predicted octanol–water partition coefficient (Wildman–Crippen LogP) is 0.335. The Balaban J connectivity index is 3.15. The molecule has 0 aromatic rings. The van der Waals surface area contributed by atoms with Crippen LogP contribution < -0.4 is 0 Å². The molecule has 0 bridgehead atoms. The molecule has 0 saturated carbocycles. The van der Waals surface area contributed by atoms with Crippen LogP contribution in [0.15, 0.2) is 0 Å². The zero-order valence-corrected chi connectivity index (χ0v) is 7.71. The summed E-state index contributed by atoms with van der Waals surface area (Å²) in [5.41, 5.74) is 0. The summed E-state index contributed by atoms with van der Waals surface area (Å²) in [6.07, 6.45) is 0.658. The van der Waals surface area contributed by atoms with Gasteiger partial charge in [-0.25, -0.2) is 0 Å². The van der Waals surface area contributed by atoms with Gasteiger partial charge < -0.3 is 14.7 Å². The fraction of sp³-hybridized carbons (Fsp3) is 1.00. The van der Waals surface area contributed by atoms with Crippen LogP contribution in [0.4, 0.5) is 0 Å². The maximum absolute atomic E-state index is 9.28. The molecule has 0 heterocycles. The molecule has 0 radical (unpaired) electrons. The summed E-state index contributed by atoms with van der Waals surface area (Å²) in [4.78, 5) is 1.94. The minimum absolute atomic E-state index is 0.350. The summed E-state index contributed by atoms with van der Waals surface area (Å²) in [6, 6.07) is 0. The van der Waals surface area contributed by atoms with Crippen molar-refractivity contribution < 1.29 is 9.84 Å². The van der Waals surface area contributed by atoms with Gasteiger partial charge in [0.25, 0.3) is 0 Å². The molecule has 0 fully saturated rings. The van der Waals surface area contributed by atoms with Gasteiger partial charge in [0.1, 0.15) is 0 Å². The fourth-order valence-corrected chi connectivity index (χ4v) is 0.838. The molecule has 0 rings (SSSR count). The number of ether oxygens (including phenoxy) is 1. The first-order valence-corrected chi connectivity index (χ1v) is 4.07. The molecule has 3 nitrogen and oxygen atoms in total. The molecule has 0 saturated heterocycles. The maximum Gasteiger partial charge on any atom is 0.0899 e. The topological polar surface area (TPSA) is 32.7 Å². The van der Waals surface area contributed by atoms with E-state index in [-0.39, 0.29) is 6.10 Å². The Morgan fingerprint density at radius 1 is 1.45 bits per heavy atom. The van der Waals surface area contributed by atoms with Crippen molar-refractivity contribution >= 4 is 0 Å². The SMILES string of the molecule is CCCOC[C@@H](O)CN(C)C. The van der Waals surface area contributed by atoms with Crippen molar-refractivity contribution in [2.24, 2.45) is 0 Å². The minimum atomic E-state index is -0.350. The van der Waals surface area contributed by atoms with E-state index >= 15 is 0 Å². The van der Waals surface area contributed by atoms with E-state index in [0.717, 1.165) is 13.0 Å². The summed E-state index contributed by atoms with van der Waals surface area (Å²) in [5.74, 6) is 0. The molecule has 0 aliphatic heterocycles. The van der Waals surface area contributed by atoms with Gasteiger partial charge in [0.2, 0.25) is 0 Å². The van der Waals surface area contributed by atoms with E-state index in [1.807, 2.05) is 19.0 Å². The van der Waals surface area contributed by atoms with Gasteiger partial charge in [0.15, 0.2) is 0 Å². The summed E-state index contributed by atoms with van der Waals surface area (Å²) in [6.45, 7) is 3.92. The predicted molar refractivity (Wildman–Crippen MR) is 45.7 cm³/mol. The molecule has 11 heavy (non-hydrogen) atoms. The van der Waals surface area contributed by atoms with E-state index < -0.39 is 0 Å². The van der Waals surface area contributed by atoms with E-state index in [1.54, 1.807) is 0 Å². The molecule has 1 N–H and O–H groups in total. The van der Waals surface area contributed by atoms with Gasteiger partial charge in [-0.05, 0) is 20.5 Å². The Morgan fingerprint density at radius 2 is 2.09 bits per heavy atom. The molecule has 0 aromatic heterocycles. The van der Waals surface area contributed by atoms with Gasteiger partial charge in [0.05, 0.1) is 12.7 Å². The van der Waals surface area contributed by atoms with Crippen LogP contribution >= 0.6 is 0 Å². The van der Waals surface area contributed by atoms with Crippen LogP contribution in [0.5, 0.6) is 0 Å². The second-order valence-electron chi connectivity index (χ2n) is 2.99. The highest BCUT2D eigenvalue weighted by molar-refractivity contribution is 4.56. The van der Waals surface area contributed by atoms with Crippen molar-refractivity contribution in [2.45, 2.75) is 19.4 Å². The van der Waals surface area contributed by atoms with Gasteiger partial charge in [-0.1, -0.05) is 6.92 Å².